The zero-order valence-corrected chi connectivity index (χ0v) is 27.4. The minimum absolute atomic E-state index is 0.194. The van der Waals surface area contributed by atoms with E-state index in [9.17, 15) is 9.59 Å². The molecule has 3 heterocycles. The van der Waals surface area contributed by atoms with E-state index in [4.69, 9.17) is 9.73 Å². The summed E-state index contributed by atoms with van der Waals surface area (Å²) < 4.78 is 10.1. The van der Waals surface area contributed by atoms with E-state index in [0.29, 0.717) is 33.1 Å². The number of fused-ring (bicyclic) bond motifs is 2. The van der Waals surface area contributed by atoms with Gasteiger partial charge in [-0.1, -0.05) is 128 Å². The Hall–Kier alpha value is -5.27. The minimum Gasteiger partial charge on any atom is -0.463 e. The highest BCUT2D eigenvalue weighted by Crippen LogP contribution is 2.35. The van der Waals surface area contributed by atoms with E-state index in [0.717, 1.165) is 27.6 Å². The molecule has 0 bridgehead atoms. The van der Waals surface area contributed by atoms with Crippen molar-refractivity contribution in [3.8, 4) is 0 Å². The molecule has 6 nitrogen and oxygen atoms in total. The summed E-state index contributed by atoms with van der Waals surface area (Å²) in [6, 6.07) is 35.7. The van der Waals surface area contributed by atoms with E-state index in [1.807, 2.05) is 78.9 Å². The van der Waals surface area contributed by atoms with Gasteiger partial charge < -0.3 is 9.30 Å². The Bertz CT molecular complexity index is 2290. The third-order valence-electron chi connectivity index (χ3n) is 8.59. The summed E-state index contributed by atoms with van der Waals surface area (Å²) >= 11 is 1.34. The summed E-state index contributed by atoms with van der Waals surface area (Å²) in [5.41, 5.74) is 6.72. The van der Waals surface area contributed by atoms with E-state index in [1.165, 1.54) is 22.5 Å². The van der Waals surface area contributed by atoms with E-state index < -0.39 is 12.0 Å². The monoisotopic (exact) mass is 637 g/mol. The Morgan fingerprint density at radius 1 is 0.915 bits per heavy atom. The van der Waals surface area contributed by atoms with Crippen LogP contribution in [0.1, 0.15) is 60.5 Å². The second-order valence-electron chi connectivity index (χ2n) is 12.0. The average molecular weight is 638 g/mol. The van der Waals surface area contributed by atoms with Gasteiger partial charge in [0.15, 0.2) is 4.80 Å². The topological polar surface area (TPSA) is 65.6 Å². The van der Waals surface area contributed by atoms with Crippen molar-refractivity contribution in [2.75, 3.05) is 6.61 Å². The fourth-order valence-electron chi connectivity index (χ4n) is 6.26. The van der Waals surface area contributed by atoms with Crippen molar-refractivity contribution in [1.29, 1.82) is 0 Å². The Morgan fingerprint density at radius 2 is 1.60 bits per heavy atom. The van der Waals surface area contributed by atoms with Gasteiger partial charge in [-0.2, -0.15) is 0 Å². The number of nitrogens with zero attached hydrogens (tertiary/aromatic N) is 3. The molecule has 234 valence electrons. The largest absolute Gasteiger partial charge is 0.463 e. The number of hydrogen-bond acceptors (Lipinski definition) is 5. The molecule has 6 aromatic rings. The normalized spacial score (nSPS) is 14.8. The molecule has 0 unspecified atom stereocenters. The maximum Gasteiger partial charge on any atom is 0.338 e. The number of para-hydroxylation sites is 1. The van der Waals surface area contributed by atoms with Crippen LogP contribution in [0.3, 0.4) is 0 Å². The molecule has 1 aliphatic rings. The predicted octanol–water partition coefficient (Wildman–Crippen LogP) is 7.06. The van der Waals surface area contributed by atoms with Crippen molar-refractivity contribution in [1.82, 2.24) is 9.13 Å². The summed E-state index contributed by atoms with van der Waals surface area (Å²) in [6.45, 7) is 7.00. The summed E-state index contributed by atoms with van der Waals surface area (Å²) in [6.07, 6.45) is 4.07. The lowest BCUT2D eigenvalue weighted by Crippen LogP contribution is -2.40. The van der Waals surface area contributed by atoms with Crippen molar-refractivity contribution < 1.29 is 9.53 Å². The fourth-order valence-corrected chi connectivity index (χ4v) is 7.25. The molecular formula is C40H35N3O3S. The molecular weight excluding hydrogens is 603 g/mol. The molecule has 0 spiro atoms. The number of rotatable bonds is 8. The van der Waals surface area contributed by atoms with Crippen LogP contribution in [0.5, 0.6) is 0 Å². The molecule has 1 aliphatic heterocycles. The summed E-state index contributed by atoms with van der Waals surface area (Å²) in [5.74, 6) is -0.138. The lowest BCUT2D eigenvalue weighted by Gasteiger charge is -2.26. The number of carbonyl (C=O) groups is 1. The van der Waals surface area contributed by atoms with Gasteiger partial charge >= 0.3 is 5.97 Å². The SMILES string of the molecule is CCOC(=O)C1=C(c2ccccc2)N=c2sc(=Cc3cn(Cc4ccccc4)c4ccccc34)c(=O)n2[C@@H]1c1ccc(C(C)C)cc1. The lowest BCUT2D eigenvalue weighted by atomic mass is 9.91. The van der Waals surface area contributed by atoms with Crippen LogP contribution >= 0.6 is 11.3 Å². The van der Waals surface area contributed by atoms with Crippen LogP contribution < -0.4 is 14.9 Å². The van der Waals surface area contributed by atoms with Crippen molar-refractivity contribution in [3.63, 3.8) is 0 Å². The van der Waals surface area contributed by atoms with Crippen LogP contribution in [-0.2, 0) is 16.1 Å². The summed E-state index contributed by atoms with van der Waals surface area (Å²) in [4.78, 5) is 33.8. The fraction of sp³-hybridized carbons (Fsp3) is 0.175. The average Bonchev–Trinajstić information content (AvgIpc) is 3.60. The molecule has 7 rings (SSSR count). The quantitative estimate of drug-likeness (QED) is 0.168. The number of carbonyl (C=O) groups excluding carboxylic acids is 1. The lowest BCUT2D eigenvalue weighted by molar-refractivity contribution is -0.138. The van der Waals surface area contributed by atoms with Gasteiger partial charge in [0.05, 0.1) is 28.5 Å². The number of aromatic nitrogens is 2. The second-order valence-corrected chi connectivity index (χ2v) is 13.0. The maximum atomic E-state index is 14.5. The molecule has 0 radical (unpaired) electrons. The van der Waals surface area contributed by atoms with Crippen LogP contribution in [-0.4, -0.2) is 21.7 Å². The number of hydrogen-bond donors (Lipinski definition) is 0. The van der Waals surface area contributed by atoms with Crippen molar-refractivity contribution in [2.24, 2.45) is 4.99 Å². The van der Waals surface area contributed by atoms with E-state index in [1.54, 1.807) is 11.5 Å². The number of thiazole rings is 1. The third-order valence-corrected chi connectivity index (χ3v) is 9.58. The highest BCUT2D eigenvalue weighted by atomic mass is 32.1. The molecule has 0 fully saturated rings. The number of benzene rings is 4. The second kappa shape index (κ2) is 12.9. The molecule has 0 amide bonds. The van der Waals surface area contributed by atoms with Gasteiger partial charge in [-0.05, 0) is 41.7 Å². The van der Waals surface area contributed by atoms with Gasteiger partial charge in [0.25, 0.3) is 5.56 Å². The molecule has 0 N–H and O–H groups in total. The highest BCUT2D eigenvalue weighted by molar-refractivity contribution is 7.07. The van der Waals surface area contributed by atoms with Gasteiger partial charge in [0.1, 0.15) is 0 Å². The first-order valence-electron chi connectivity index (χ1n) is 15.9. The first-order valence-corrected chi connectivity index (χ1v) is 16.7. The van der Waals surface area contributed by atoms with Gasteiger partial charge in [0, 0.05) is 34.8 Å². The van der Waals surface area contributed by atoms with Gasteiger partial charge in [-0.15, -0.1) is 0 Å². The third kappa shape index (κ3) is 5.79. The minimum atomic E-state index is -0.705. The first-order chi connectivity index (χ1) is 22.9. The van der Waals surface area contributed by atoms with Gasteiger partial charge in [-0.3, -0.25) is 9.36 Å². The standard InChI is InChI=1S/C40H35N3O3S/c1-4-46-39(45)35-36(29-15-9-6-10-16-29)41-40-43(37(35)30-21-19-28(20-22-30)26(2)3)38(44)34(47-40)23-31-25-42(24-27-13-7-5-8-14-27)33-18-12-11-17-32(31)33/h5-23,25-26,37H,4,24H2,1-3H3/t37-/m1/s1. The molecule has 7 heteroatoms. The molecule has 1 atom stereocenters. The zero-order valence-electron chi connectivity index (χ0n) is 26.6. The molecule has 0 aliphatic carbocycles. The van der Waals surface area contributed by atoms with E-state index in [-0.39, 0.29) is 12.2 Å². The van der Waals surface area contributed by atoms with Crippen LogP contribution in [0.4, 0.5) is 0 Å². The summed E-state index contributed by atoms with van der Waals surface area (Å²) in [7, 11) is 0. The smallest absolute Gasteiger partial charge is 0.338 e. The van der Waals surface area contributed by atoms with Crippen LogP contribution in [0.25, 0.3) is 22.7 Å². The predicted molar refractivity (Wildman–Crippen MR) is 189 cm³/mol. The zero-order chi connectivity index (χ0) is 32.5. The Kier molecular flexibility index (Phi) is 8.31. The molecule has 0 saturated carbocycles. The van der Waals surface area contributed by atoms with Gasteiger partial charge in [-0.25, -0.2) is 9.79 Å². The van der Waals surface area contributed by atoms with Gasteiger partial charge in [0.2, 0.25) is 0 Å². The Balaban J connectivity index is 1.45. The first kappa shape index (κ1) is 30.4. The van der Waals surface area contributed by atoms with Crippen molar-refractivity contribution in [2.45, 2.75) is 39.3 Å². The maximum absolute atomic E-state index is 14.5. The molecule has 2 aromatic heterocycles. The van der Waals surface area contributed by atoms with Crippen LogP contribution in [0, 0.1) is 0 Å². The van der Waals surface area contributed by atoms with Crippen molar-refractivity contribution >= 4 is 40.0 Å². The summed E-state index contributed by atoms with van der Waals surface area (Å²) in [5, 5.41) is 1.06. The van der Waals surface area contributed by atoms with Crippen molar-refractivity contribution in [3.05, 3.63) is 168 Å². The van der Waals surface area contributed by atoms with Crippen LogP contribution in [0.15, 0.2) is 131 Å². The molecule has 47 heavy (non-hydrogen) atoms. The molecule has 4 aromatic carbocycles. The number of ether oxygens (including phenoxy) is 1. The molecule has 0 saturated heterocycles. The number of esters is 1. The van der Waals surface area contributed by atoms with E-state index >= 15 is 0 Å². The van der Waals surface area contributed by atoms with Crippen LogP contribution in [0.2, 0.25) is 0 Å². The Labute approximate surface area is 277 Å². The van der Waals surface area contributed by atoms with E-state index in [2.05, 4.69) is 61.0 Å². The highest BCUT2D eigenvalue weighted by Gasteiger charge is 2.35. The Morgan fingerprint density at radius 3 is 2.30 bits per heavy atom.